The number of aromatic carboxylic acids is 1. The topological polar surface area (TPSA) is 113 Å². The van der Waals surface area contributed by atoms with E-state index in [0.29, 0.717) is 38.8 Å². The molecule has 9 heteroatoms. The molecule has 3 heterocycles. The first-order chi connectivity index (χ1) is 11.0. The van der Waals surface area contributed by atoms with E-state index in [4.69, 9.17) is 11.5 Å². The Balaban J connectivity index is 1.43. The number of rotatable bonds is 7. The van der Waals surface area contributed by atoms with Crippen LogP contribution in [0.2, 0.25) is 0 Å². The molecule has 1 fully saturated rings. The van der Waals surface area contributed by atoms with Gasteiger partial charge in [0.05, 0.1) is 12.2 Å². The molecule has 0 saturated carbocycles. The van der Waals surface area contributed by atoms with Crippen LogP contribution in [-0.4, -0.2) is 55.6 Å². The highest BCUT2D eigenvalue weighted by Gasteiger charge is 2.41. The van der Waals surface area contributed by atoms with Crippen molar-refractivity contribution >= 4 is 11.9 Å². The van der Waals surface area contributed by atoms with Crippen molar-refractivity contribution in [2.45, 2.75) is 37.4 Å². The summed E-state index contributed by atoms with van der Waals surface area (Å²) in [6.45, 7) is 1.01. The van der Waals surface area contributed by atoms with Crippen LogP contribution in [0, 0.1) is 12.3 Å². The van der Waals surface area contributed by atoms with Gasteiger partial charge in [0.15, 0.2) is 11.4 Å². The first-order valence-electron chi connectivity index (χ1n) is 7.33. The van der Waals surface area contributed by atoms with E-state index in [-0.39, 0.29) is 17.6 Å². The molecule has 2 aliphatic heterocycles. The third kappa shape index (κ3) is 3.21. The summed E-state index contributed by atoms with van der Waals surface area (Å²) in [6, 6.07) is -0.0229. The molecular formula is C14H16N6O3. The average Bonchev–Trinajstić information content (AvgIpc) is 3.08. The maximum absolute atomic E-state index is 12.1. The summed E-state index contributed by atoms with van der Waals surface area (Å²) in [5.74, 6) is 1.48. The van der Waals surface area contributed by atoms with Gasteiger partial charge in [-0.15, -0.1) is 17.4 Å². The third-order valence-corrected chi connectivity index (χ3v) is 4.11. The van der Waals surface area contributed by atoms with E-state index in [0.717, 1.165) is 0 Å². The van der Waals surface area contributed by atoms with Crippen LogP contribution in [-0.2, 0) is 4.79 Å². The minimum absolute atomic E-state index is 0.0229. The Morgan fingerprint density at radius 1 is 1.39 bits per heavy atom. The van der Waals surface area contributed by atoms with Crippen molar-refractivity contribution in [2.24, 2.45) is 10.2 Å². The Kier molecular flexibility index (Phi) is 3.82. The van der Waals surface area contributed by atoms with Crippen molar-refractivity contribution in [1.82, 2.24) is 19.9 Å². The lowest BCUT2D eigenvalue weighted by molar-refractivity contribution is -0.137. The van der Waals surface area contributed by atoms with Crippen molar-refractivity contribution in [2.75, 3.05) is 13.1 Å². The molecule has 1 amide bonds. The molecule has 120 valence electrons. The predicted molar refractivity (Wildman–Crippen MR) is 77.5 cm³/mol. The normalized spacial score (nSPS) is 18.3. The lowest BCUT2D eigenvalue weighted by Crippen LogP contribution is -2.51. The van der Waals surface area contributed by atoms with Crippen LogP contribution < -0.4 is 0 Å². The quantitative estimate of drug-likeness (QED) is 0.744. The van der Waals surface area contributed by atoms with Gasteiger partial charge in [0.1, 0.15) is 0 Å². The van der Waals surface area contributed by atoms with E-state index in [9.17, 15) is 9.59 Å². The van der Waals surface area contributed by atoms with E-state index >= 15 is 0 Å². The van der Waals surface area contributed by atoms with Crippen LogP contribution in [0.3, 0.4) is 0 Å². The molecule has 9 nitrogen and oxygen atoms in total. The van der Waals surface area contributed by atoms with Crippen molar-refractivity contribution in [3.8, 4) is 12.3 Å². The van der Waals surface area contributed by atoms with E-state index < -0.39 is 11.6 Å². The Labute approximate surface area is 132 Å². The van der Waals surface area contributed by atoms with Crippen molar-refractivity contribution < 1.29 is 14.7 Å². The molecule has 0 bridgehead atoms. The average molecular weight is 316 g/mol. The number of carboxylic acid groups (broad SMARTS) is 1. The van der Waals surface area contributed by atoms with Gasteiger partial charge in [-0.25, -0.2) is 9.48 Å². The Hall–Kier alpha value is -2.76. The van der Waals surface area contributed by atoms with Crippen LogP contribution in [0.15, 0.2) is 16.4 Å². The first kappa shape index (κ1) is 15.1. The summed E-state index contributed by atoms with van der Waals surface area (Å²) in [5, 5.41) is 24.2. The zero-order chi connectivity index (χ0) is 16.4. The number of hydrogen-bond donors (Lipinski definition) is 1. The second kappa shape index (κ2) is 5.79. The lowest BCUT2D eigenvalue weighted by Gasteiger charge is -2.39. The number of carboxylic acids is 1. The molecule has 0 unspecified atom stereocenters. The van der Waals surface area contributed by atoms with E-state index in [2.05, 4.69) is 26.5 Å². The van der Waals surface area contributed by atoms with Crippen molar-refractivity contribution in [3.05, 3.63) is 11.9 Å². The molecule has 23 heavy (non-hydrogen) atoms. The van der Waals surface area contributed by atoms with Gasteiger partial charge in [-0.3, -0.25) is 4.79 Å². The molecule has 3 rings (SSSR count). The summed E-state index contributed by atoms with van der Waals surface area (Å²) in [4.78, 5) is 24.6. The van der Waals surface area contributed by atoms with Gasteiger partial charge in [0.25, 0.3) is 0 Å². The van der Waals surface area contributed by atoms with Gasteiger partial charge < -0.3 is 10.0 Å². The van der Waals surface area contributed by atoms with Gasteiger partial charge in [0, 0.05) is 38.8 Å². The van der Waals surface area contributed by atoms with E-state index in [1.165, 1.54) is 10.9 Å². The molecule has 1 saturated heterocycles. The van der Waals surface area contributed by atoms with Gasteiger partial charge in [-0.05, 0) is 0 Å². The fourth-order valence-corrected chi connectivity index (χ4v) is 2.51. The number of carbonyl (C=O) groups is 2. The Bertz CT molecular complexity index is 692. The number of terminal acetylenes is 1. The summed E-state index contributed by atoms with van der Waals surface area (Å²) in [6.07, 6.45) is 8.87. The Morgan fingerprint density at radius 3 is 2.70 bits per heavy atom. The molecule has 1 aromatic heterocycles. The maximum Gasteiger partial charge on any atom is 0.358 e. The smallest absolute Gasteiger partial charge is 0.358 e. The van der Waals surface area contributed by atoms with Crippen LogP contribution in [0.4, 0.5) is 0 Å². The fourth-order valence-electron chi connectivity index (χ4n) is 2.51. The molecule has 1 N–H and O–H groups in total. The van der Waals surface area contributed by atoms with Gasteiger partial charge in [-0.2, -0.15) is 10.2 Å². The number of nitrogens with zero attached hydrogens (tertiary/aromatic N) is 6. The first-order valence-corrected chi connectivity index (χ1v) is 7.33. The van der Waals surface area contributed by atoms with Crippen molar-refractivity contribution in [3.63, 3.8) is 0 Å². The van der Waals surface area contributed by atoms with Crippen LogP contribution >= 0.6 is 0 Å². The molecule has 0 atom stereocenters. The molecule has 1 aromatic rings. The van der Waals surface area contributed by atoms with Crippen molar-refractivity contribution in [1.29, 1.82) is 0 Å². The van der Waals surface area contributed by atoms with E-state index in [1.807, 2.05) is 0 Å². The highest BCUT2D eigenvalue weighted by atomic mass is 16.4. The van der Waals surface area contributed by atoms with Gasteiger partial charge in [0.2, 0.25) is 5.91 Å². The summed E-state index contributed by atoms with van der Waals surface area (Å²) in [5.41, 5.74) is -0.531. The molecule has 2 aliphatic rings. The fraction of sp³-hybridized carbons (Fsp3) is 0.571. The third-order valence-electron chi connectivity index (χ3n) is 4.11. The zero-order valence-corrected chi connectivity index (χ0v) is 12.4. The van der Waals surface area contributed by atoms with E-state index in [1.54, 1.807) is 4.90 Å². The van der Waals surface area contributed by atoms with Crippen LogP contribution in [0.25, 0.3) is 0 Å². The number of aromatic nitrogens is 3. The van der Waals surface area contributed by atoms with Gasteiger partial charge in [-0.1, -0.05) is 5.21 Å². The summed E-state index contributed by atoms with van der Waals surface area (Å²) < 4.78 is 1.49. The molecule has 0 aromatic carbocycles. The zero-order valence-electron chi connectivity index (χ0n) is 12.4. The minimum atomic E-state index is -1.11. The number of hydrogen-bond acceptors (Lipinski definition) is 6. The highest BCUT2D eigenvalue weighted by molar-refractivity contribution is 5.84. The largest absolute Gasteiger partial charge is 0.476 e. The van der Waals surface area contributed by atoms with Crippen LogP contribution in [0.1, 0.15) is 42.2 Å². The summed E-state index contributed by atoms with van der Waals surface area (Å²) in [7, 11) is 0. The maximum atomic E-state index is 12.1. The van der Waals surface area contributed by atoms with Crippen LogP contribution in [0.5, 0.6) is 0 Å². The minimum Gasteiger partial charge on any atom is -0.476 e. The molecule has 0 aliphatic carbocycles. The monoisotopic (exact) mass is 316 g/mol. The molecule has 0 radical (unpaired) electrons. The number of carbonyl (C=O) groups excluding carboxylic acids is 1. The SMILES string of the molecule is C#CCCC1(CCC(=O)N2CC(n3cc(C(=O)O)nn3)C2)N=N1. The number of likely N-dealkylation sites (tertiary alicyclic amines) is 1. The van der Waals surface area contributed by atoms with Gasteiger partial charge >= 0.3 is 5.97 Å². The highest BCUT2D eigenvalue weighted by Crippen LogP contribution is 2.38. The summed E-state index contributed by atoms with van der Waals surface area (Å²) >= 11 is 0. The lowest BCUT2D eigenvalue weighted by atomic mass is 10.0. The second-order valence-electron chi connectivity index (χ2n) is 5.73. The Morgan fingerprint density at radius 2 is 2.13 bits per heavy atom. The molecule has 0 spiro atoms. The standard InChI is InChI=1S/C14H16N6O3/c1-2-3-5-14(16-17-14)6-4-12(21)19-7-10(8-19)20-9-11(13(22)23)15-18-20/h1,9-10H,3-8H2,(H,22,23). The predicted octanol–water partition coefficient (Wildman–Crippen LogP) is 0.715. The molecular weight excluding hydrogens is 300 g/mol. The number of amides is 1. The second-order valence-corrected chi connectivity index (χ2v) is 5.73.